The van der Waals surface area contributed by atoms with Gasteiger partial charge in [0.05, 0.1) is 16.0 Å². The average Bonchev–Trinajstić information content (AvgIpc) is 3.26. The zero-order valence-electron chi connectivity index (χ0n) is 32.1. The molecule has 0 aliphatic carbocycles. The maximum absolute atomic E-state index is 13.7. The van der Waals surface area contributed by atoms with Crippen molar-refractivity contribution in [2.24, 2.45) is 0 Å². The molecule has 0 atom stereocenters. The lowest BCUT2D eigenvalue weighted by Gasteiger charge is -2.36. The molecular formula is C50H54N2OS2. The highest BCUT2D eigenvalue weighted by molar-refractivity contribution is 8.00. The molecule has 6 aromatic rings. The topological polar surface area (TPSA) is 32.3 Å². The third-order valence-corrected chi connectivity index (χ3v) is 13.3. The first-order valence-electron chi connectivity index (χ1n) is 19.8. The van der Waals surface area contributed by atoms with E-state index < -0.39 is 4.75 Å². The Morgan fingerprint density at radius 2 is 0.818 bits per heavy atom. The highest BCUT2D eigenvalue weighted by atomic mass is 32.2. The second-order valence-corrected chi connectivity index (χ2v) is 16.6. The van der Waals surface area contributed by atoms with Gasteiger partial charge in [-0.1, -0.05) is 208 Å². The van der Waals surface area contributed by atoms with Crippen LogP contribution in [0.25, 0.3) is 0 Å². The van der Waals surface area contributed by atoms with Crippen LogP contribution >= 0.6 is 23.5 Å². The molecule has 0 aliphatic rings. The Morgan fingerprint density at radius 1 is 0.473 bits per heavy atom. The standard InChI is InChI=1S/C50H54N2OS2/c1-2-3-4-23-37-52(38-40-55-50(45-30-17-8-18-31-45,46-32-19-9-20-33-46)47-34-21-10-22-35-47)41-48(53)51-36-39-54-49(42-24-11-5-12-25-42,43-26-13-6-14-27-43)44-28-15-7-16-29-44/h5-22,24-35H,2-4,23,36-41H2,1H3,(H,51,53). The summed E-state index contributed by atoms with van der Waals surface area (Å²) < 4.78 is -0.778. The summed E-state index contributed by atoms with van der Waals surface area (Å²) in [4.78, 5) is 16.1. The molecule has 55 heavy (non-hydrogen) atoms. The molecule has 0 heterocycles. The van der Waals surface area contributed by atoms with Crippen LogP contribution < -0.4 is 5.32 Å². The third kappa shape index (κ3) is 10.2. The fourth-order valence-electron chi connectivity index (χ4n) is 7.55. The van der Waals surface area contributed by atoms with Gasteiger partial charge in [-0.2, -0.15) is 0 Å². The molecule has 282 valence electrons. The number of rotatable bonds is 21. The molecule has 0 radical (unpaired) electrons. The van der Waals surface area contributed by atoms with Crippen LogP contribution in [0.2, 0.25) is 0 Å². The van der Waals surface area contributed by atoms with Gasteiger partial charge in [0.15, 0.2) is 0 Å². The van der Waals surface area contributed by atoms with Crippen LogP contribution in [-0.4, -0.2) is 48.5 Å². The van der Waals surface area contributed by atoms with Gasteiger partial charge in [0, 0.05) is 24.6 Å². The fourth-order valence-corrected chi connectivity index (χ4v) is 10.5. The predicted molar refractivity (Wildman–Crippen MR) is 237 cm³/mol. The molecule has 1 amide bonds. The van der Waals surface area contributed by atoms with Gasteiger partial charge in [-0.15, -0.1) is 23.5 Å². The fraction of sp³-hybridized carbons (Fsp3) is 0.260. The van der Waals surface area contributed by atoms with Crippen molar-refractivity contribution < 1.29 is 4.79 Å². The van der Waals surface area contributed by atoms with E-state index in [4.69, 9.17) is 0 Å². The minimum Gasteiger partial charge on any atom is -0.354 e. The van der Waals surface area contributed by atoms with Crippen molar-refractivity contribution in [1.82, 2.24) is 10.2 Å². The Kier molecular flexibility index (Phi) is 15.3. The molecular weight excluding hydrogens is 709 g/mol. The average molecular weight is 763 g/mol. The maximum Gasteiger partial charge on any atom is 0.234 e. The van der Waals surface area contributed by atoms with Crippen molar-refractivity contribution in [2.75, 3.05) is 37.7 Å². The Balaban J connectivity index is 1.16. The van der Waals surface area contributed by atoms with Crippen molar-refractivity contribution in [3.63, 3.8) is 0 Å². The lowest BCUT2D eigenvalue weighted by Crippen LogP contribution is -2.40. The maximum atomic E-state index is 13.7. The van der Waals surface area contributed by atoms with E-state index in [-0.39, 0.29) is 10.7 Å². The molecule has 6 aromatic carbocycles. The summed E-state index contributed by atoms with van der Waals surface area (Å²) in [6.45, 7) is 4.98. The molecule has 0 saturated heterocycles. The zero-order chi connectivity index (χ0) is 38.0. The molecule has 0 unspecified atom stereocenters. The van der Waals surface area contributed by atoms with Crippen LogP contribution in [0, 0.1) is 0 Å². The summed E-state index contributed by atoms with van der Waals surface area (Å²) in [6, 6.07) is 64.9. The first-order valence-corrected chi connectivity index (χ1v) is 21.7. The second kappa shape index (κ2) is 20.9. The van der Waals surface area contributed by atoms with E-state index in [1.54, 1.807) is 0 Å². The van der Waals surface area contributed by atoms with Crippen molar-refractivity contribution in [1.29, 1.82) is 0 Å². The van der Waals surface area contributed by atoms with Gasteiger partial charge in [0.25, 0.3) is 0 Å². The van der Waals surface area contributed by atoms with Crippen LogP contribution in [-0.2, 0) is 14.3 Å². The first-order chi connectivity index (χ1) is 27.2. The summed E-state index contributed by atoms with van der Waals surface area (Å²) in [5.41, 5.74) is 7.49. The lowest BCUT2D eigenvalue weighted by molar-refractivity contribution is -0.122. The minimum atomic E-state index is -0.403. The summed E-state index contributed by atoms with van der Waals surface area (Å²) in [7, 11) is 0. The summed E-state index contributed by atoms with van der Waals surface area (Å²) in [5.74, 6) is 1.74. The number of carbonyl (C=O) groups is 1. The number of carbonyl (C=O) groups excluding carboxylic acids is 1. The van der Waals surface area contributed by atoms with Crippen molar-refractivity contribution in [3.8, 4) is 0 Å². The number of unbranched alkanes of at least 4 members (excludes halogenated alkanes) is 3. The van der Waals surface area contributed by atoms with E-state index >= 15 is 0 Å². The van der Waals surface area contributed by atoms with Gasteiger partial charge in [-0.25, -0.2) is 0 Å². The van der Waals surface area contributed by atoms with Gasteiger partial charge >= 0.3 is 0 Å². The quantitative estimate of drug-likeness (QED) is 0.0585. The van der Waals surface area contributed by atoms with Crippen LogP contribution in [0.15, 0.2) is 182 Å². The van der Waals surface area contributed by atoms with E-state index in [0.29, 0.717) is 13.1 Å². The van der Waals surface area contributed by atoms with Gasteiger partial charge in [0.1, 0.15) is 0 Å². The first kappa shape index (κ1) is 40.1. The number of benzene rings is 6. The van der Waals surface area contributed by atoms with Crippen LogP contribution in [0.5, 0.6) is 0 Å². The zero-order valence-corrected chi connectivity index (χ0v) is 33.7. The Morgan fingerprint density at radius 3 is 1.16 bits per heavy atom. The summed E-state index contributed by atoms with van der Waals surface area (Å²) >= 11 is 3.86. The monoisotopic (exact) mass is 762 g/mol. The SMILES string of the molecule is CCCCCCN(CCSC(c1ccccc1)(c1ccccc1)c1ccccc1)CC(=O)NCCSC(c1ccccc1)(c1ccccc1)c1ccccc1. The molecule has 0 fully saturated rings. The molecule has 0 aliphatic heterocycles. The van der Waals surface area contributed by atoms with E-state index in [2.05, 4.69) is 199 Å². The number of hydrogen-bond acceptors (Lipinski definition) is 4. The summed E-state index contributed by atoms with van der Waals surface area (Å²) in [6.07, 6.45) is 4.69. The predicted octanol–water partition coefficient (Wildman–Crippen LogP) is 11.4. The Hall–Kier alpha value is -4.55. The third-order valence-electron chi connectivity index (χ3n) is 10.2. The summed E-state index contributed by atoms with van der Waals surface area (Å²) in [5, 5.41) is 3.32. The Bertz CT molecular complexity index is 1770. The van der Waals surface area contributed by atoms with Crippen molar-refractivity contribution >= 4 is 29.4 Å². The van der Waals surface area contributed by atoms with Crippen molar-refractivity contribution in [3.05, 3.63) is 215 Å². The molecule has 6 rings (SSSR count). The number of amides is 1. The largest absolute Gasteiger partial charge is 0.354 e. The Labute approximate surface area is 338 Å². The van der Waals surface area contributed by atoms with Gasteiger partial charge in [-0.3, -0.25) is 9.69 Å². The molecule has 3 nitrogen and oxygen atoms in total. The van der Waals surface area contributed by atoms with Crippen LogP contribution in [0.1, 0.15) is 66.0 Å². The smallest absolute Gasteiger partial charge is 0.234 e. The molecule has 0 bridgehead atoms. The second-order valence-electron chi connectivity index (χ2n) is 13.9. The van der Waals surface area contributed by atoms with E-state index in [1.165, 1.54) is 52.6 Å². The van der Waals surface area contributed by atoms with E-state index in [1.807, 2.05) is 23.5 Å². The van der Waals surface area contributed by atoms with Crippen molar-refractivity contribution in [2.45, 2.75) is 42.1 Å². The lowest BCUT2D eigenvalue weighted by atomic mass is 9.84. The van der Waals surface area contributed by atoms with E-state index in [0.717, 1.165) is 31.0 Å². The molecule has 0 aromatic heterocycles. The van der Waals surface area contributed by atoms with Crippen LogP contribution in [0.3, 0.4) is 0 Å². The van der Waals surface area contributed by atoms with E-state index in [9.17, 15) is 4.79 Å². The molecule has 1 N–H and O–H groups in total. The number of thioether (sulfide) groups is 2. The highest BCUT2D eigenvalue weighted by Crippen LogP contribution is 2.49. The molecule has 0 saturated carbocycles. The number of hydrogen-bond donors (Lipinski definition) is 1. The number of nitrogens with one attached hydrogen (secondary N) is 1. The van der Waals surface area contributed by atoms with Gasteiger partial charge in [0.2, 0.25) is 5.91 Å². The van der Waals surface area contributed by atoms with Crippen LogP contribution in [0.4, 0.5) is 0 Å². The number of nitrogens with zero attached hydrogens (tertiary/aromatic N) is 1. The minimum absolute atomic E-state index is 0.0891. The highest BCUT2D eigenvalue weighted by Gasteiger charge is 2.38. The molecule has 5 heteroatoms. The van der Waals surface area contributed by atoms with Gasteiger partial charge < -0.3 is 5.32 Å². The molecule has 0 spiro atoms. The van der Waals surface area contributed by atoms with Gasteiger partial charge in [-0.05, 0) is 46.3 Å². The normalized spacial score (nSPS) is 11.7.